The van der Waals surface area contributed by atoms with Crippen molar-refractivity contribution >= 4 is 34.7 Å². The Balaban J connectivity index is 2.71. The molecule has 1 fully saturated rings. The molecule has 0 aliphatic carbocycles. The minimum absolute atomic E-state index is 0.120. The van der Waals surface area contributed by atoms with Crippen LogP contribution in [0.15, 0.2) is 0 Å². The van der Waals surface area contributed by atoms with Crippen molar-refractivity contribution in [2.45, 2.75) is 12.5 Å². The summed E-state index contributed by atoms with van der Waals surface area (Å²) in [4.78, 5) is 21.8. The molecule has 1 N–H and O–H groups in total. The van der Waals surface area contributed by atoms with Crippen LogP contribution in [0.2, 0.25) is 0 Å². The number of imide groups is 1. The first-order chi connectivity index (χ1) is 4.66. The Labute approximate surface area is 72.4 Å². The van der Waals surface area contributed by atoms with Crippen LogP contribution in [0, 0.1) is 0 Å². The second-order valence-electron chi connectivity index (χ2n) is 2.06. The zero-order valence-corrected chi connectivity index (χ0v) is 7.58. The Morgan fingerprint density at radius 1 is 1.70 bits per heavy atom. The predicted octanol–water partition coefficient (Wildman–Crippen LogP) is -0.317. The Hall–Kier alpha value is -0.170. The second kappa shape index (κ2) is 2.83. The van der Waals surface area contributed by atoms with Crippen molar-refractivity contribution in [3.05, 3.63) is 0 Å². The van der Waals surface area contributed by atoms with Crippen LogP contribution in [0.1, 0.15) is 6.42 Å². The number of likely N-dealkylation sites (N-methyl/N-ethyl adjacent to an activating group) is 1. The van der Waals surface area contributed by atoms with E-state index < -0.39 is 0 Å². The van der Waals surface area contributed by atoms with E-state index in [0.717, 1.165) is 3.11 Å². The van der Waals surface area contributed by atoms with Gasteiger partial charge in [-0.1, -0.05) is 0 Å². The molecule has 1 aliphatic heterocycles. The van der Waals surface area contributed by atoms with Crippen molar-refractivity contribution in [2.24, 2.45) is 0 Å². The quantitative estimate of drug-likeness (QED) is 0.396. The first-order valence-electron chi connectivity index (χ1n) is 2.86. The number of rotatable bonds is 1. The van der Waals surface area contributed by atoms with Crippen LogP contribution in [0.5, 0.6) is 0 Å². The van der Waals surface area contributed by atoms with Crippen LogP contribution < -0.4 is 5.32 Å². The van der Waals surface area contributed by atoms with Crippen LogP contribution in [-0.2, 0) is 9.59 Å². The van der Waals surface area contributed by atoms with Gasteiger partial charge in [-0.2, -0.15) is 0 Å². The molecule has 5 heteroatoms. The number of nitrogens with one attached hydrogen (secondary N) is 1. The molecule has 1 aliphatic rings. The van der Waals surface area contributed by atoms with Gasteiger partial charge in [0, 0.05) is 0 Å². The smallest absolute Gasteiger partial charge is 0.255 e. The molecule has 4 nitrogen and oxygen atoms in total. The predicted molar refractivity (Wildman–Crippen MR) is 43.3 cm³/mol. The van der Waals surface area contributed by atoms with E-state index in [1.807, 2.05) is 0 Å². The summed E-state index contributed by atoms with van der Waals surface area (Å²) in [6.07, 6.45) is 0.290. The average molecular weight is 254 g/mol. The number of amides is 2. The fraction of sp³-hybridized carbons (Fsp3) is 0.600. The van der Waals surface area contributed by atoms with Crippen molar-refractivity contribution in [3.63, 3.8) is 0 Å². The van der Waals surface area contributed by atoms with Crippen molar-refractivity contribution in [1.29, 1.82) is 0 Å². The van der Waals surface area contributed by atoms with E-state index in [-0.39, 0.29) is 24.3 Å². The van der Waals surface area contributed by atoms with Gasteiger partial charge >= 0.3 is 0 Å². The van der Waals surface area contributed by atoms with Crippen LogP contribution in [0.25, 0.3) is 0 Å². The summed E-state index contributed by atoms with van der Waals surface area (Å²) >= 11 is 1.72. The fourth-order valence-electron chi connectivity index (χ4n) is 0.827. The van der Waals surface area contributed by atoms with E-state index >= 15 is 0 Å². The summed E-state index contributed by atoms with van der Waals surface area (Å²) in [5, 5.41) is 2.76. The van der Waals surface area contributed by atoms with E-state index in [1.54, 1.807) is 29.9 Å². The van der Waals surface area contributed by atoms with Gasteiger partial charge in [0.15, 0.2) is 0 Å². The molecular formula is C5H7IN2O2. The third kappa shape index (κ3) is 1.15. The number of hydrogen-bond donors (Lipinski definition) is 1. The largest absolute Gasteiger partial charge is 0.308 e. The van der Waals surface area contributed by atoms with E-state index in [0.29, 0.717) is 0 Å². The van der Waals surface area contributed by atoms with E-state index in [9.17, 15) is 9.59 Å². The van der Waals surface area contributed by atoms with E-state index in [2.05, 4.69) is 5.32 Å². The summed E-state index contributed by atoms with van der Waals surface area (Å²) in [7, 11) is 1.67. The highest BCUT2D eigenvalue weighted by Gasteiger charge is 2.35. The lowest BCUT2D eigenvalue weighted by molar-refractivity contribution is -0.131. The van der Waals surface area contributed by atoms with Gasteiger partial charge in [0.1, 0.15) is 0 Å². The zero-order chi connectivity index (χ0) is 7.72. The third-order valence-electron chi connectivity index (χ3n) is 1.44. The highest BCUT2D eigenvalue weighted by atomic mass is 127. The number of halogens is 1. The molecule has 2 amide bonds. The standard InChI is InChI=1S/C5H7IN2O2/c1-7-3-2-4(9)8(6)5(3)10/h3,7H,2H2,1H3. The summed E-state index contributed by atoms with van der Waals surface area (Å²) in [5.74, 6) is -0.266. The summed E-state index contributed by atoms with van der Waals surface area (Å²) in [5.41, 5.74) is 0. The van der Waals surface area contributed by atoms with Crippen LogP contribution >= 0.6 is 22.9 Å². The van der Waals surface area contributed by atoms with Gasteiger partial charge in [-0.25, -0.2) is 3.11 Å². The van der Waals surface area contributed by atoms with E-state index in [4.69, 9.17) is 0 Å². The number of carbonyl (C=O) groups is 2. The maximum absolute atomic E-state index is 11.0. The van der Waals surface area contributed by atoms with Crippen LogP contribution in [0.4, 0.5) is 0 Å². The van der Waals surface area contributed by atoms with Gasteiger partial charge in [-0.3, -0.25) is 9.59 Å². The monoisotopic (exact) mass is 254 g/mol. The van der Waals surface area contributed by atoms with Crippen molar-refractivity contribution < 1.29 is 9.59 Å². The lowest BCUT2D eigenvalue weighted by atomic mass is 10.2. The SMILES string of the molecule is CNC1CC(=O)N(I)C1=O. The van der Waals surface area contributed by atoms with Gasteiger partial charge in [-0.15, -0.1) is 0 Å². The molecule has 1 rings (SSSR count). The molecule has 0 spiro atoms. The highest BCUT2D eigenvalue weighted by molar-refractivity contribution is 14.1. The maximum Gasteiger partial charge on any atom is 0.255 e. The van der Waals surface area contributed by atoms with Gasteiger partial charge in [-0.05, 0) is 7.05 Å². The highest BCUT2D eigenvalue weighted by Crippen LogP contribution is 2.16. The van der Waals surface area contributed by atoms with Crippen molar-refractivity contribution in [3.8, 4) is 0 Å². The molecule has 0 aromatic carbocycles. The first-order valence-corrected chi connectivity index (χ1v) is 3.83. The lowest BCUT2D eigenvalue weighted by Crippen LogP contribution is -2.32. The molecule has 0 saturated carbocycles. The Morgan fingerprint density at radius 2 is 2.30 bits per heavy atom. The molecule has 1 atom stereocenters. The van der Waals surface area contributed by atoms with Crippen molar-refractivity contribution in [1.82, 2.24) is 8.43 Å². The average Bonchev–Trinajstić information content (AvgIpc) is 2.17. The van der Waals surface area contributed by atoms with Gasteiger partial charge in [0.2, 0.25) is 5.91 Å². The van der Waals surface area contributed by atoms with Gasteiger partial charge in [0.25, 0.3) is 5.91 Å². The van der Waals surface area contributed by atoms with Gasteiger partial charge in [0.05, 0.1) is 35.3 Å². The van der Waals surface area contributed by atoms with Crippen LogP contribution in [0.3, 0.4) is 0 Å². The topological polar surface area (TPSA) is 49.4 Å². The molecule has 56 valence electrons. The molecule has 1 heterocycles. The molecule has 0 radical (unpaired) electrons. The van der Waals surface area contributed by atoms with Crippen LogP contribution in [-0.4, -0.2) is 28.0 Å². The fourth-order valence-corrected chi connectivity index (χ4v) is 1.36. The molecular weight excluding hydrogens is 247 g/mol. The molecule has 0 aromatic rings. The normalized spacial score (nSPS) is 26.2. The first kappa shape index (κ1) is 7.93. The molecule has 1 unspecified atom stereocenters. The number of hydrogen-bond acceptors (Lipinski definition) is 3. The maximum atomic E-state index is 11.0. The molecule has 1 saturated heterocycles. The zero-order valence-electron chi connectivity index (χ0n) is 5.43. The molecule has 0 bridgehead atoms. The second-order valence-corrected chi connectivity index (χ2v) is 3.02. The minimum atomic E-state index is -0.301. The van der Waals surface area contributed by atoms with Crippen molar-refractivity contribution in [2.75, 3.05) is 7.05 Å². The third-order valence-corrected chi connectivity index (χ3v) is 2.45. The number of carbonyl (C=O) groups excluding carboxylic acids is 2. The number of nitrogens with zero attached hydrogens (tertiary/aromatic N) is 1. The lowest BCUT2D eigenvalue weighted by Gasteiger charge is -2.03. The minimum Gasteiger partial charge on any atom is -0.308 e. The Kier molecular flexibility index (Phi) is 2.24. The summed E-state index contributed by atoms with van der Waals surface area (Å²) in [6.45, 7) is 0. The molecule has 0 aromatic heterocycles. The van der Waals surface area contributed by atoms with Gasteiger partial charge < -0.3 is 5.32 Å². The van der Waals surface area contributed by atoms with E-state index in [1.165, 1.54) is 0 Å². The summed E-state index contributed by atoms with van der Waals surface area (Å²) < 4.78 is 1.12. The Morgan fingerprint density at radius 3 is 2.50 bits per heavy atom. The molecule has 10 heavy (non-hydrogen) atoms. The summed E-state index contributed by atoms with van der Waals surface area (Å²) in [6, 6.07) is -0.301. The Bertz CT molecular complexity index is 182.